The van der Waals surface area contributed by atoms with Gasteiger partial charge < -0.3 is 15.4 Å². The van der Waals surface area contributed by atoms with Gasteiger partial charge in [0.05, 0.1) is 12.1 Å². The predicted octanol–water partition coefficient (Wildman–Crippen LogP) is 2.52. The first kappa shape index (κ1) is 12.9. The molecule has 0 saturated carbocycles. The van der Waals surface area contributed by atoms with Gasteiger partial charge in [0.1, 0.15) is 0 Å². The van der Waals surface area contributed by atoms with Crippen LogP contribution in [-0.4, -0.2) is 31.3 Å². The van der Waals surface area contributed by atoms with Crippen molar-refractivity contribution >= 4 is 27.6 Å². The highest BCUT2D eigenvalue weighted by atomic mass is 79.9. The normalized spacial score (nSPS) is 27.4. The number of benzene rings is 1. The molecule has 1 aromatic carbocycles. The van der Waals surface area contributed by atoms with Crippen molar-refractivity contribution in [2.24, 2.45) is 10.7 Å². The van der Waals surface area contributed by atoms with E-state index in [1.807, 2.05) is 12.1 Å². The highest BCUT2D eigenvalue weighted by Gasteiger charge is 2.43. The second-order valence-corrected chi connectivity index (χ2v) is 6.09. The minimum Gasteiger partial charge on any atom is -0.381 e. The number of aliphatic imine (C=N–C) groups is 1. The Hall–Kier alpha value is -1.07. The summed E-state index contributed by atoms with van der Waals surface area (Å²) in [6.07, 6.45) is 3.12. The highest BCUT2D eigenvalue weighted by molar-refractivity contribution is 9.10. The summed E-state index contributed by atoms with van der Waals surface area (Å²) in [5.41, 5.74) is 7.25. The molecule has 0 aliphatic carbocycles. The van der Waals surface area contributed by atoms with Gasteiger partial charge in [-0.05, 0) is 43.5 Å². The monoisotopic (exact) mass is 323 g/mol. The van der Waals surface area contributed by atoms with Gasteiger partial charge in [-0.1, -0.05) is 15.9 Å². The molecule has 3 rings (SSSR count). The van der Waals surface area contributed by atoms with Gasteiger partial charge in [0, 0.05) is 23.4 Å². The lowest BCUT2D eigenvalue weighted by Crippen LogP contribution is -2.52. The van der Waals surface area contributed by atoms with Gasteiger partial charge in [-0.3, -0.25) is 4.99 Å². The molecule has 19 heavy (non-hydrogen) atoms. The average molecular weight is 324 g/mol. The van der Waals surface area contributed by atoms with Crippen LogP contribution in [0.2, 0.25) is 0 Å². The number of nitrogens with two attached hydrogens (primary N) is 1. The van der Waals surface area contributed by atoms with Crippen molar-refractivity contribution in [1.82, 2.24) is 0 Å². The quantitative estimate of drug-likeness (QED) is 0.864. The molecule has 5 heteroatoms. The topological polar surface area (TPSA) is 50.9 Å². The Balaban J connectivity index is 1.95. The molecular formula is C14H18BrN3O. The van der Waals surface area contributed by atoms with Crippen molar-refractivity contribution in [3.05, 3.63) is 28.7 Å². The van der Waals surface area contributed by atoms with Crippen LogP contribution in [-0.2, 0) is 4.74 Å². The van der Waals surface area contributed by atoms with E-state index >= 15 is 0 Å². The molecule has 0 aromatic heterocycles. The number of ether oxygens (including phenoxy) is 1. The van der Waals surface area contributed by atoms with Gasteiger partial charge in [-0.25, -0.2) is 0 Å². The summed E-state index contributed by atoms with van der Waals surface area (Å²) in [6.45, 7) is 2.41. The molecule has 0 bridgehead atoms. The van der Waals surface area contributed by atoms with Crippen LogP contribution < -0.4 is 10.6 Å². The number of halogens is 1. The minimum absolute atomic E-state index is 0.00835. The van der Waals surface area contributed by atoms with E-state index in [4.69, 9.17) is 10.5 Å². The molecule has 2 heterocycles. The number of hydrogen-bond donors (Lipinski definition) is 1. The minimum atomic E-state index is 0.00835. The third kappa shape index (κ3) is 2.37. The number of guanidine groups is 1. The zero-order valence-electron chi connectivity index (χ0n) is 10.8. The number of rotatable bonds is 1. The molecule has 0 amide bonds. The lowest BCUT2D eigenvalue weighted by atomic mass is 9.89. The summed E-state index contributed by atoms with van der Waals surface area (Å²) in [7, 11) is 0. The molecule has 4 nitrogen and oxygen atoms in total. The van der Waals surface area contributed by atoms with Crippen molar-refractivity contribution in [2.45, 2.75) is 24.8 Å². The average Bonchev–Trinajstić information content (AvgIpc) is 2.60. The summed E-state index contributed by atoms with van der Waals surface area (Å²) >= 11 is 3.47. The van der Waals surface area contributed by atoms with Gasteiger partial charge in [0.15, 0.2) is 5.96 Å². The van der Waals surface area contributed by atoms with Gasteiger partial charge in [-0.2, -0.15) is 0 Å². The van der Waals surface area contributed by atoms with Crippen LogP contribution in [0.5, 0.6) is 0 Å². The number of hydrogen-bond acceptors (Lipinski definition) is 4. The van der Waals surface area contributed by atoms with Crippen LogP contribution in [0.25, 0.3) is 0 Å². The summed E-state index contributed by atoms with van der Waals surface area (Å²) in [5, 5.41) is 0. The fraction of sp³-hybridized carbons (Fsp3) is 0.500. The van der Waals surface area contributed by atoms with Crippen molar-refractivity contribution in [3.63, 3.8) is 0 Å². The highest BCUT2D eigenvalue weighted by Crippen LogP contribution is 2.36. The van der Waals surface area contributed by atoms with Crippen LogP contribution in [0.1, 0.15) is 19.3 Å². The van der Waals surface area contributed by atoms with Crippen molar-refractivity contribution in [2.75, 3.05) is 24.7 Å². The lowest BCUT2D eigenvalue weighted by Gasteiger charge is -2.38. The molecule has 1 saturated heterocycles. The molecule has 2 N–H and O–H groups in total. The second kappa shape index (κ2) is 5.13. The maximum atomic E-state index is 6.13. The Bertz CT molecular complexity index is 478. The van der Waals surface area contributed by atoms with E-state index in [0.717, 1.165) is 49.2 Å². The Morgan fingerprint density at radius 3 is 2.79 bits per heavy atom. The first-order valence-corrected chi connectivity index (χ1v) is 7.44. The van der Waals surface area contributed by atoms with Crippen LogP contribution in [0.15, 0.2) is 33.7 Å². The largest absolute Gasteiger partial charge is 0.381 e. The molecule has 1 unspecified atom stereocenters. The SMILES string of the molecule is NC1=NCC2(CCCOCC2)N1c1ccc(Br)cc1. The van der Waals surface area contributed by atoms with Crippen LogP contribution >= 0.6 is 15.9 Å². The fourth-order valence-corrected chi connectivity index (χ4v) is 3.25. The Morgan fingerprint density at radius 2 is 2.00 bits per heavy atom. The van der Waals surface area contributed by atoms with Gasteiger partial charge in [-0.15, -0.1) is 0 Å². The van der Waals surface area contributed by atoms with Crippen molar-refractivity contribution in [1.29, 1.82) is 0 Å². The maximum absolute atomic E-state index is 6.13. The predicted molar refractivity (Wildman–Crippen MR) is 80.5 cm³/mol. The molecule has 1 fully saturated rings. The lowest BCUT2D eigenvalue weighted by molar-refractivity contribution is 0.140. The van der Waals surface area contributed by atoms with E-state index in [1.54, 1.807) is 0 Å². The van der Waals surface area contributed by atoms with Crippen molar-refractivity contribution in [3.8, 4) is 0 Å². The third-order valence-corrected chi connectivity index (χ3v) is 4.49. The van der Waals surface area contributed by atoms with E-state index in [2.05, 4.69) is 38.0 Å². The van der Waals surface area contributed by atoms with Gasteiger partial charge in [0.25, 0.3) is 0 Å². The first-order valence-electron chi connectivity index (χ1n) is 6.65. The van der Waals surface area contributed by atoms with Gasteiger partial charge in [0.2, 0.25) is 0 Å². The third-order valence-electron chi connectivity index (χ3n) is 3.97. The van der Waals surface area contributed by atoms with E-state index in [1.165, 1.54) is 0 Å². The summed E-state index contributed by atoms with van der Waals surface area (Å²) in [5.74, 6) is 0.629. The standard InChI is InChI=1S/C14H18BrN3O/c15-11-2-4-12(5-3-11)18-13(16)17-10-14(18)6-1-8-19-9-7-14/h2-5H,1,6-10H2,(H2,16,17). The number of nitrogens with zero attached hydrogens (tertiary/aromatic N) is 2. The molecule has 2 aliphatic rings. The molecular weight excluding hydrogens is 306 g/mol. The molecule has 1 atom stereocenters. The molecule has 2 aliphatic heterocycles. The van der Waals surface area contributed by atoms with Crippen LogP contribution in [0.3, 0.4) is 0 Å². The Labute approximate surface area is 121 Å². The smallest absolute Gasteiger partial charge is 0.196 e. The molecule has 1 aromatic rings. The fourth-order valence-electron chi connectivity index (χ4n) is 2.98. The molecule has 0 radical (unpaired) electrons. The second-order valence-electron chi connectivity index (χ2n) is 5.18. The van der Waals surface area contributed by atoms with E-state index in [0.29, 0.717) is 5.96 Å². The first-order chi connectivity index (χ1) is 9.21. The van der Waals surface area contributed by atoms with Crippen LogP contribution in [0, 0.1) is 0 Å². The Morgan fingerprint density at radius 1 is 1.21 bits per heavy atom. The summed E-state index contributed by atoms with van der Waals surface area (Å²) in [4.78, 5) is 6.69. The van der Waals surface area contributed by atoms with E-state index < -0.39 is 0 Å². The van der Waals surface area contributed by atoms with Crippen molar-refractivity contribution < 1.29 is 4.74 Å². The maximum Gasteiger partial charge on any atom is 0.196 e. The zero-order chi connectivity index (χ0) is 13.3. The molecule has 102 valence electrons. The Kier molecular flexibility index (Phi) is 3.50. The summed E-state index contributed by atoms with van der Waals surface area (Å²) < 4.78 is 6.67. The number of anilines is 1. The van der Waals surface area contributed by atoms with E-state index in [9.17, 15) is 0 Å². The molecule has 1 spiro atoms. The van der Waals surface area contributed by atoms with Gasteiger partial charge >= 0.3 is 0 Å². The summed E-state index contributed by atoms with van der Waals surface area (Å²) in [6, 6.07) is 8.26. The van der Waals surface area contributed by atoms with E-state index in [-0.39, 0.29) is 5.54 Å². The zero-order valence-corrected chi connectivity index (χ0v) is 12.4. The van der Waals surface area contributed by atoms with Crippen LogP contribution in [0.4, 0.5) is 5.69 Å².